The first kappa shape index (κ1) is 22.7. The van der Waals surface area contributed by atoms with Crippen molar-refractivity contribution < 1.29 is 5.11 Å². The summed E-state index contributed by atoms with van der Waals surface area (Å²) in [6.45, 7) is 15.1. The highest BCUT2D eigenvalue weighted by Crippen LogP contribution is 2.68. The van der Waals surface area contributed by atoms with Gasteiger partial charge in [0.1, 0.15) is 0 Å². The topological polar surface area (TPSA) is 20.2 Å². The van der Waals surface area contributed by atoms with E-state index in [2.05, 4.69) is 47.6 Å². The second kappa shape index (κ2) is 8.47. The van der Waals surface area contributed by atoms with Crippen molar-refractivity contribution in [3.8, 4) is 0 Å². The predicted molar refractivity (Wildman–Crippen MR) is 128 cm³/mol. The molecule has 0 amide bonds. The molecule has 0 aromatic heterocycles. The lowest BCUT2D eigenvalue weighted by Crippen LogP contribution is -2.52. The molecular formula is C29H50O. The highest BCUT2D eigenvalue weighted by atomic mass is 16.3. The van der Waals surface area contributed by atoms with Crippen molar-refractivity contribution in [2.24, 2.45) is 58.2 Å². The fourth-order valence-electron chi connectivity index (χ4n) is 9.52. The lowest BCUT2D eigenvalue weighted by molar-refractivity contribution is -0.104. The van der Waals surface area contributed by atoms with Crippen molar-refractivity contribution in [3.63, 3.8) is 0 Å². The molecule has 4 aliphatic carbocycles. The van der Waals surface area contributed by atoms with Crippen LogP contribution in [0.1, 0.15) is 112 Å². The summed E-state index contributed by atoms with van der Waals surface area (Å²) in [5.41, 5.74) is 1.04. The van der Waals surface area contributed by atoms with E-state index < -0.39 is 0 Å². The average Bonchev–Trinajstić information content (AvgIpc) is 3.06. The molecule has 0 aliphatic heterocycles. The zero-order chi connectivity index (χ0) is 21.7. The van der Waals surface area contributed by atoms with Crippen LogP contribution < -0.4 is 0 Å². The normalized spacial score (nSPS) is 45.3. The van der Waals surface area contributed by atoms with E-state index in [4.69, 9.17) is 0 Å². The molecule has 0 bridgehead atoms. The highest BCUT2D eigenvalue weighted by Gasteiger charge is 2.60. The summed E-state index contributed by atoms with van der Waals surface area (Å²) in [4.78, 5) is 0. The van der Waals surface area contributed by atoms with Crippen LogP contribution in [0.25, 0.3) is 0 Å². The van der Waals surface area contributed by atoms with Crippen LogP contribution in [0.15, 0.2) is 11.8 Å². The third-order valence-electron chi connectivity index (χ3n) is 11.5. The Morgan fingerprint density at radius 1 is 0.967 bits per heavy atom. The lowest BCUT2D eigenvalue weighted by atomic mass is 9.45. The minimum atomic E-state index is 0.450. The van der Waals surface area contributed by atoms with E-state index in [1.165, 1.54) is 57.8 Å². The SMILES string of the molecule is CCC(CC[C@@H](C)[C@H]1CC[C@H]2[C@@H]3CC[C@H]4CC(O)=CC[C@]4(C)[C@H]3CC[C@]12C)C(C)C. The second-order valence-electron chi connectivity index (χ2n) is 13.0. The van der Waals surface area contributed by atoms with Gasteiger partial charge in [-0.2, -0.15) is 0 Å². The Kier molecular flexibility index (Phi) is 6.42. The minimum absolute atomic E-state index is 0.450. The van der Waals surface area contributed by atoms with E-state index in [9.17, 15) is 5.11 Å². The Balaban J connectivity index is 1.46. The van der Waals surface area contributed by atoms with Crippen LogP contribution in [0.2, 0.25) is 0 Å². The van der Waals surface area contributed by atoms with Crippen LogP contribution in [-0.4, -0.2) is 5.11 Å². The summed E-state index contributed by atoms with van der Waals surface area (Å²) >= 11 is 0. The van der Waals surface area contributed by atoms with E-state index in [-0.39, 0.29) is 0 Å². The van der Waals surface area contributed by atoms with Crippen LogP contribution in [0.3, 0.4) is 0 Å². The highest BCUT2D eigenvalue weighted by molar-refractivity contribution is 5.14. The number of aliphatic hydroxyl groups is 1. The maximum atomic E-state index is 10.1. The number of aliphatic hydroxyl groups excluding tert-OH is 1. The van der Waals surface area contributed by atoms with Crippen LogP contribution in [0.5, 0.6) is 0 Å². The van der Waals surface area contributed by atoms with Crippen molar-refractivity contribution in [1.29, 1.82) is 0 Å². The van der Waals surface area contributed by atoms with Crippen LogP contribution >= 0.6 is 0 Å². The van der Waals surface area contributed by atoms with Gasteiger partial charge in [0.2, 0.25) is 0 Å². The summed E-state index contributed by atoms with van der Waals surface area (Å²) in [7, 11) is 0. The molecular weight excluding hydrogens is 364 g/mol. The third-order valence-corrected chi connectivity index (χ3v) is 11.5. The Labute approximate surface area is 187 Å². The smallest absolute Gasteiger partial charge is 0.0886 e. The number of hydrogen-bond acceptors (Lipinski definition) is 1. The van der Waals surface area contributed by atoms with Gasteiger partial charge in [0.25, 0.3) is 0 Å². The fraction of sp³-hybridized carbons (Fsp3) is 0.931. The molecule has 1 nitrogen and oxygen atoms in total. The van der Waals surface area contributed by atoms with Gasteiger partial charge >= 0.3 is 0 Å². The van der Waals surface area contributed by atoms with E-state index >= 15 is 0 Å². The molecule has 30 heavy (non-hydrogen) atoms. The van der Waals surface area contributed by atoms with Crippen molar-refractivity contribution in [1.82, 2.24) is 0 Å². The maximum absolute atomic E-state index is 10.1. The number of allylic oxidation sites excluding steroid dienone is 2. The van der Waals surface area contributed by atoms with Gasteiger partial charge < -0.3 is 5.11 Å². The van der Waals surface area contributed by atoms with Crippen LogP contribution in [0.4, 0.5) is 0 Å². The number of hydrogen-bond donors (Lipinski definition) is 1. The molecule has 1 heteroatoms. The molecule has 172 valence electrons. The van der Waals surface area contributed by atoms with Crippen molar-refractivity contribution >= 4 is 0 Å². The van der Waals surface area contributed by atoms with Crippen molar-refractivity contribution in [3.05, 3.63) is 11.8 Å². The quantitative estimate of drug-likeness (QED) is 0.460. The molecule has 1 unspecified atom stereocenters. The summed E-state index contributed by atoms with van der Waals surface area (Å²) in [6.07, 6.45) is 17.2. The summed E-state index contributed by atoms with van der Waals surface area (Å²) in [6, 6.07) is 0. The van der Waals surface area contributed by atoms with Crippen LogP contribution in [0, 0.1) is 58.2 Å². The van der Waals surface area contributed by atoms with Gasteiger partial charge in [-0.1, -0.05) is 54.4 Å². The van der Waals surface area contributed by atoms with Crippen molar-refractivity contribution in [2.45, 2.75) is 112 Å². The Morgan fingerprint density at radius 2 is 1.70 bits per heavy atom. The molecule has 3 fully saturated rings. The maximum Gasteiger partial charge on any atom is 0.0886 e. The molecule has 4 rings (SSSR count). The third kappa shape index (κ3) is 3.69. The second-order valence-corrected chi connectivity index (χ2v) is 13.0. The molecule has 1 N–H and O–H groups in total. The Hall–Kier alpha value is -0.460. The molecule has 4 aliphatic rings. The minimum Gasteiger partial charge on any atom is -0.513 e. The Morgan fingerprint density at radius 3 is 2.40 bits per heavy atom. The van der Waals surface area contributed by atoms with E-state index in [0.29, 0.717) is 16.6 Å². The largest absolute Gasteiger partial charge is 0.513 e. The van der Waals surface area contributed by atoms with E-state index in [0.717, 1.165) is 60.2 Å². The van der Waals surface area contributed by atoms with E-state index in [1.807, 2.05) is 0 Å². The molecule has 0 aromatic rings. The monoisotopic (exact) mass is 414 g/mol. The summed E-state index contributed by atoms with van der Waals surface area (Å²) in [5.74, 6) is 7.83. The number of rotatable bonds is 6. The van der Waals surface area contributed by atoms with Crippen LogP contribution in [-0.2, 0) is 0 Å². The molecule has 0 aromatic carbocycles. The summed E-state index contributed by atoms with van der Waals surface area (Å²) < 4.78 is 0. The molecule has 0 spiro atoms. The van der Waals surface area contributed by atoms with Gasteiger partial charge in [0.05, 0.1) is 5.76 Å². The van der Waals surface area contributed by atoms with Gasteiger partial charge in [0, 0.05) is 6.42 Å². The van der Waals surface area contributed by atoms with Gasteiger partial charge in [-0.15, -0.1) is 0 Å². The standard InChI is InChI=1S/C29H50O/c1-7-21(19(2)3)9-8-20(4)25-12-13-26-24-11-10-22-18-23(30)14-16-28(22,5)27(24)15-17-29(25,26)6/h14,19-22,24-27,30H,7-13,15-18H2,1-6H3/t20-,21?,22+,24+,25-,26+,27+,28+,29-/m1/s1. The molecule has 0 saturated heterocycles. The van der Waals surface area contributed by atoms with Crippen molar-refractivity contribution in [2.75, 3.05) is 0 Å². The fourth-order valence-corrected chi connectivity index (χ4v) is 9.52. The molecule has 0 radical (unpaired) electrons. The average molecular weight is 415 g/mol. The molecule has 9 atom stereocenters. The lowest BCUT2D eigenvalue weighted by Gasteiger charge is -2.60. The first-order chi connectivity index (χ1) is 14.2. The van der Waals surface area contributed by atoms with Gasteiger partial charge in [-0.25, -0.2) is 0 Å². The molecule has 3 saturated carbocycles. The first-order valence-corrected chi connectivity index (χ1v) is 13.6. The number of fused-ring (bicyclic) bond motifs is 5. The first-order valence-electron chi connectivity index (χ1n) is 13.6. The van der Waals surface area contributed by atoms with Gasteiger partial charge in [0.15, 0.2) is 0 Å². The van der Waals surface area contributed by atoms with Gasteiger partial charge in [-0.05, 0) is 116 Å². The Bertz CT molecular complexity index is 634. The predicted octanol–water partition coefficient (Wildman–Crippen LogP) is 8.80. The summed E-state index contributed by atoms with van der Waals surface area (Å²) in [5, 5.41) is 10.1. The molecule has 0 heterocycles. The van der Waals surface area contributed by atoms with E-state index in [1.54, 1.807) is 0 Å². The van der Waals surface area contributed by atoms with Gasteiger partial charge in [-0.3, -0.25) is 0 Å². The zero-order valence-electron chi connectivity index (χ0n) is 20.9. The zero-order valence-corrected chi connectivity index (χ0v) is 20.9.